The van der Waals surface area contributed by atoms with Crippen LogP contribution in [0.2, 0.25) is 0 Å². The van der Waals surface area contributed by atoms with Crippen LogP contribution in [0.1, 0.15) is 5.56 Å². The van der Waals surface area contributed by atoms with Crippen molar-refractivity contribution in [3.63, 3.8) is 0 Å². The predicted molar refractivity (Wildman–Crippen MR) is 101 cm³/mol. The number of benzene rings is 1. The van der Waals surface area contributed by atoms with E-state index in [0.717, 1.165) is 21.6 Å². The number of nitrogens with one attached hydrogen (secondary N) is 1. The lowest BCUT2D eigenvalue weighted by molar-refractivity contribution is -0.121. The summed E-state index contributed by atoms with van der Waals surface area (Å²) in [4.78, 5) is 28.2. The third kappa shape index (κ3) is 4.78. The van der Waals surface area contributed by atoms with E-state index in [1.807, 2.05) is 30.3 Å². The van der Waals surface area contributed by atoms with Crippen molar-refractivity contribution >= 4 is 5.91 Å². The molecule has 1 amide bonds. The van der Waals surface area contributed by atoms with Gasteiger partial charge in [-0.3, -0.25) is 14.6 Å². The van der Waals surface area contributed by atoms with Gasteiger partial charge in [0, 0.05) is 30.6 Å². The molecule has 0 atom stereocenters. The van der Waals surface area contributed by atoms with Crippen LogP contribution in [0.5, 0.6) is 5.75 Å². The SMILES string of the molecule is COc1ccccc1CCNC(=O)Cn1nc(-c2cccnc2)ccc1=O. The van der Waals surface area contributed by atoms with Crippen LogP contribution in [-0.4, -0.2) is 34.3 Å². The first-order valence-electron chi connectivity index (χ1n) is 8.54. The molecule has 0 bridgehead atoms. The lowest BCUT2D eigenvalue weighted by Gasteiger charge is -2.10. The van der Waals surface area contributed by atoms with Crippen molar-refractivity contribution in [2.24, 2.45) is 0 Å². The number of aromatic nitrogens is 3. The second-order valence-corrected chi connectivity index (χ2v) is 5.87. The van der Waals surface area contributed by atoms with E-state index in [4.69, 9.17) is 4.74 Å². The smallest absolute Gasteiger partial charge is 0.267 e. The average Bonchev–Trinajstić information content (AvgIpc) is 2.70. The number of nitrogens with zero attached hydrogens (tertiary/aromatic N) is 3. The molecule has 1 aromatic carbocycles. The molecule has 3 aromatic rings. The van der Waals surface area contributed by atoms with E-state index >= 15 is 0 Å². The topological polar surface area (TPSA) is 86.1 Å². The molecule has 7 heteroatoms. The summed E-state index contributed by atoms with van der Waals surface area (Å²) < 4.78 is 6.45. The van der Waals surface area contributed by atoms with Gasteiger partial charge >= 0.3 is 0 Å². The number of para-hydroxylation sites is 1. The summed E-state index contributed by atoms with van der Waals surface area (Å²) in [6, 6.07) is 14.3. The molecule has 3 rings (SSSR count). The minimum Gasteiger partial charge on any atom is -0.496 e. The lowest BCUT2D eigenvalue weighted by atomic mass is 10.1. The number of ether oxygens (including phenoxy) is 1. The number of rotatable bonds is 7. The van der Waals surface area contributed by atoms with Crippen molar-refractivity contribution in [1.82, 2.24) is 20.1 Å². The maximum absolute atomic E-state index is 12.2. The molecule has 0 aliphatic rings. The number of carbonyl (C=O) groups is 1. The highest BCUT2D eigenvalue weighted by molar-refractivity contribution is 5.75. The summed E-state index contributed by atoms with van der Waals surface area (Å²) in [5.41, 5.74) is 2.05. The maximum Gasteiger partial charge on any atom is 0.267 e. The van der Waals surface area contributed by atoms with Gasteiger partial charge in [-0.15, -0.1) is 0 Å². The summed E-state index contributed by atoms with van der Waals surface area (Å²) in [6.45, 7) is 0.301. The Morgan fingerprint density at radius 2 is 2.00 bits per heavy atom. The third-order valence-corrected chi connectivity index (χ3v) is 4.03. The van der Waals surface area contributed by atoms with E-state index in [2.05, 4.69) is 15.4 Å². The molecule has 2 aromatic heterocycles. The lowest BCUT2D eigenvalue weighted by Crippen LogP contribution is -2.34. The minimum absolute atomic E-state index is 0.140. The van der Waals surface area contributed by atoms with Crippen molar-refractivity contribution in [1.29, 1.82) is 0 Å². The molecular weight excluding hydrogens is 344 g/mol. The first-order valence-corrected chi connectivity index (χ1v) is 8.54. The molecule has 0 saturated heterocycles. The molecule has 7 nitrogen and oxygen atoms in total. The summed E-state index contributed by atoms with van der Waals surface area (Å²) >= 11 is 0. The average molecular weight is 364 g/mol. The molecule has 1 N–H and O–H groups in total. The number of pyridine rings is 1. The van der Waals surface area contributed by atoms with Gasteiger partial charge in [0.05, 0.1) is 12.8 Å². The van der Waals surface area contributed by atoms with Crippen LogP contribution in [-0.2, 0) is 17.8 Å². The van der Waals surface area contributed by atoms with Crippen LogP contribution in [0, 0.1) is 0 Å². The Balaban J connectivity index is 1.62. The van der Waals surface area contributed by atoms with Crippen molar-refractivity contribution in [3.8, 4) is 17.0 Å². The quantitative estimate of drug-likeness (QED) is 0.689. The number of hydrogen-bond acceptors (Lipinski definition) is 5. The van der Waals surface area contributed by atoms with Gasteiger partial charge < -0.3 is 10.1 Å². The van der Waals surface area contributed by atoms with E-state index in [0.29, 0.717) is 18.7 Å². The Kier molecular flexibility index (Phi) is 5.94. The van der Waals surface area contributed by atoms with Crippen LogP contribution in [0.3, 0.4) is 0 Å². The maximum atomic E-state index is 12.2. The second-order valence-electron chi connectivity index (χ2n) is 5.87. The Hall–Kier alpha value is -3.48. The van der Waals surface area contributed by atoms with Crippen molar-refractivity contribution in [2.75, 3.05) is 13.7 Å². The zero-order valence-corrected chi connectivity index (χ0v) is 15.0. The first-order chi connectivity index (χ1) is 13.2. The molecule has 2 heterocycles. The van der Waals surface area contributed by atoms with Gasteiger partial charge in [-0.25, -0.2) is 4.68 Å². The fraction of sp³-hybridized carbons (Fsp3) is 0.200. The minimum atomic E-state index is -0.331. The Morgan fingerprint density at radius 3 is 2.78 bits per heavy atom. The number of carbonyl (C=O) groups excluding carboxylic acids is 1. The number of methoxy groups -OCH3 is 1. The van der Waals surface area contributed by atoms with Crippen molar-refractivity contribution in [3.05, 3.63) is 76.8 Å². The fourth-order valence-electron chi connectivity index (χ4n) is 2.67. The summed E-state index contributed by atoms with van der Waals surface area (Å²) in [5, 5.41) is 7.07. The second kappa shape index (κ2) is 8.75. The molecule has 0 aliphatic heterocycles. The van der Waals surface area contributed by atoms with Gasteiger partial charge in [0.15, 0.2) is 0 Å². The largest absolute Gasteiger partial charge is 0.496 e. The zero-order chi connectivity index (χ0) is 19.1. The normalized spacial score (nSPS) is 10.4. The molecule has 0 aliphatic carbocycles. The molecule has 138 valence electrons. The highest BCUT2D eigenvalue weighted by Gasteiger charge is 2.08. The van der Waals surface area contributed by atoms with Crippen molar-refractivity contribution < 1.29 is 9.53 Å². The summed E-state index contributed by atoms with van der Waals surface area (Å²) in [6.07, 6.45) is 3.95. The highest BCUT2D eigenvalue weighted by Crippen LogP contribution is 2.17. The Morgan fingerprint density at radius 1 is 1.15 bits per heavy atom. The molecule has 0 fully saturated rings. The number of hydrogen-bond donors (Lipinski definition) is 1. The molecule has 27 heavy (non-hydrogen) atoms. The summed E-state index contributed by atoms with van der Waals surface area (Å²) in [7, 11) is 1.62. The van der Waals surface area contributed by atoms with E-state index in [1.54, 1.807) is 31.6 Å². The summed E-state index contributed by atoms with van der Waals surface area (Å²) in [5.74, 6) is 0.511. The van der Waals surface area contributed by atoms with E-state index in [1.165, 1.54) is 6.07 Å². The van der Waals surface area contributed by atoms with Crippen molar-refractivity contribution in [2.45, 2.75) is 13.0 Å². The zero-order valence-electron chi connectivity index (χ0n) is 15.0. The van der Waals surface area contributed by atoms with E-state index in [-0.39, 0.29) is 18.0 Å². The van der Waals surface area contributed by atoms with Crippen LogP contribution in [0.15, 0.2) is 65.7 Å². The van der Waals surface area contributed by atoms with Crippen LogP contribution in [0.25, 0.3) is 11.3 Å². The van der Waals surface area contributed by atoms with Gasteiger partial charge in [0.25, 0.3) is 5.56 Å². The third-order valence-electron chi connectivity index (χ3n) is 4.03. The molecule has 0 saturated carbocycles. The Bertz CT molecular complexity index is 970. The highest BCUT2D eigenvalue weighted by atomic mass is 16.5. The molecular formula is C20H20N4O3. The molecule has 0 radical (unpaired) electrons. The van der Waals surface area contributed by atoms with Gasteiger partial charge in [0.2, 0.25) is 5.91 Å². The van der Waals surface area contributed by atoms with Gasteiger partial charge in [0.1, 0.15) is 12.3 Å². The van der Waals surface area contributed by atoms with Gasteiger partial charge in [-0.1, -0.05) is 18.2 Å². The predicted octanol–water partition coefficient (Wildman–Crippen LogP) is 1.67. The van der Waals surface area contributed by atoms with E-state index in [9.17, 15) is 9.59 Å². The van der Waals surface area contributed by atoms with Crippen LogP contribution >= 0.6 is 0 Å². The number of amides is 1. The molecule has 0 spiro atoms. The van der Waals surface area contributed by atoms with Crippen LogP contribution in [0.4, 0.5) is 0 Å². The van der Waals surface area contributed by atoms with Gasteiger partial charge in [-0.05, 0) is 36.2 Å². The first kappa shape index (κ1) is 18.3. The fourth-order valence-corrected chi connectivity index (χ4v) is 2.67. The van der Waals surface area contributed by atoms with Crippen LogP contribution < -0.4 is 15.6 Å². The van der Waals surface area contributed by atoms with E-state index < -0.39 is 0 Å². The molecule has 0 unspecified atom stereocenters. The monoisotopic (exact) mass is 364 g/mol. The van der Waals surface area contributed by atoms with Gasteiger partial charge in [-0.2, -0.15) is 5.10 Å². The standard InChI is InChI=1S/C20H20N4O3/c1-27-18-7-3-2-5-15(18)10-12-22-19(25)14-24-20(26)9-8-17(23-24)16-6-4-11-21-13-16/h2-9,11,13H,10,12,14H2,1H3,(H,22,25). The Labute approximate surface area is 156 Å².